The molecule has 1 atom stereocenters. The lowest BCUT2D eigenvalue weighted by molar-refractivity contribution is -0.116. The first-order valence-corrected chi connectivity index (χ1v) is 16.0. The normalized spacial score (nSPS) is 11.6. The fourth-order valence-corrected chi connectivity index (χ4v) is 6.60. The molecule has 0 aliphatic rings. The van der Waals surface area contributed by atoms with E-state index in [1.165, 1.54) is 42.5 Å². The number of nitrogens with one attached hydrogen (secondary N) is 1. The number of hydrogen-bond acceptors (Lipinski definition) is 8. The van der Waals surface area contributed by atoms with E-state index in [2.05, 4.69) is 5.32 Å². The summed E-state index contributed by atoms with van der Waals surface area (Å²) in [6.45, 7) is -0.653. The SMILES string of the molecule is O=C(Cn1c(=O)n(S(=O)(=O)c2ccc(Cl)cc2)c(=O)c2ccc(Cl)cc21)Nc1cccc(Oc2o[pH]occ3ccccc23)c1. The van der Waals surface area contributed by atoms with Gasteiger partial charge < -0.3 is 18.4 Å². The van der Waals surface area contributed by atoms with E-state index in [1.807, 2.05) is 24.3 Å². The van der Waals surface area contributed by atoms with Gasteiger partial charge >= 0.3 is 11.6 Å². The summed E-state index contributed by atoms with van der Waals surface area (Å²) >= 11 is 12.0. The molecule has 0 spiro atoms. The predicted molar refractivity (Wildman–Crippen MR) is 172 cm³/mol. The van der Waals surface area contributed by atoms with E-state index in [1.54, 1.807) is 30.5 Å². The van der Waals surface area contributed by atoms with Crippen molar-refractivity contribution in [1.82, 2.24) is 8.54 Å². The number of benzene rings is 4. The molecule has 0 radical (unpaired) electrons. The highest BCUT2D eigenvalue weighted by atomic mass is 35.5. The lowest BCUT2D eigenvalue weighted by Gasteiger charge is -2.15. The van der Waals surface area contributed by atoms with Crippen LogP contribution >= 0.6 is 31.9 Å². The Bertz CT molecular complexity index is 2370. The molecule has 1 unspecified atom stereocenters. The minimum atomic E-state index is -4.67. The molecule has 15 heteroatoms. The largest absolute Gasteiger partial charge is 0.429 e. The van der Waals surface area contributed by atoms with Gasteiger partial charge in [0, 0.05) is 27.2 Å². The summed E-state index contributed by atoms with van der Waals surface area (Å²) in [6, 6.07) is 22.7. The standard InChI is InChI=1S/C30H20Cl2N3O8PS/c31-19-8-11-23(12-9-19)45(39,40)35-28(37)25-13-10-20(32)14-26(25)34(30(35)38)16-27(36)33-21-5-3-6-22(15-21)42-29-24-7-2-1-4-18(24)17-41-44-43-29/h1-15,17,44H,16H2,(H,33,36). The number of fused-ring (bicyclic) bond motifs is 2. The third kappa shape index (κ3) is 6.13. The molecule has 0 fully saturated rings. The van der Waals surface area contributed by atoms with Gasteiger partial charge in [-0.25, -0.2) is 13.2 Å². The molecule has 0 saturated heterocycles. The molecule has 6 aromatic rings. The lowest BCUT2D eigenvalue weighted by atomic mass is 10.2. The number of nitrogens with zero attached hydrogens (tertiary/aromatic N) is 2. The van der Waals surface area contributed by atoms with Crippen LogP contribution in [0.5, 0.6) is 11.7 Å². The number of rotatable bonds is 7. The number of carbonyl (C=O) groups excluding carboxylic acids is 1. The molecule has 0 aliphatic carbocycles. The van der Waals surface area contributed by atoms with Gasteiger partial charge in [-0.05, 0) is 60.7 Å². The Morgan fingerprint density at radius 3 is 2.44 bits per heavy atom. The van der Waals surface area contributed by atoms with Gasteiger partial charge in [-0.3, -0.25) is 14.2 Å². The van der Waals surface area contributed by atoms with Crippen molar-refractivity contribution in [3.63, 3.8) is 0 Å². The Labute approximate surface area is 265 Å². The zero-order chi connectivity index (χ0) is 31.7. The first kappa shape index (κ1) is 30.3. The zero-order valence-electron chi connectivity index (χ0n) is 22.8. The van der Waals surface area contributed by atoms with Gasteiger partial charge in [-0.2, -0.15) is 0 Å². The number of hydrogen-bond donors (Lipinski definition) is 1. The third-order valence-electron chi connectivity index (χ3n) is 6.60. The molecular formula is C30H20Cl2N3O8PS. The Balaban J connectivity index is 1.35. The maximum Gasteiger partial charge on any atom is 0.346 e. The highest BCUT2D eigenvalue weighted by molar-refractivity contribution is 7.90. The molecule has 0 aliphatic heterocycles. The summed E-state index contributed by atoms with van der Waals surface area (Å²) in [5.41, 5.74) is -2.06. The Morgan fingerprint density at radius 2 is 1.64 bits per heavy atom. The maximum atomic E-state index is 13.6. The fraction of sp³-hybridized carbons (Fsp3) is 0.0333. The van der Waals surface area contributed by atoms with Crippen LogP contribution in [0.4, 0.5) is 5.69 Å². The lowest BCUT2D eigenvalue weighted by Crippen LogP contribution is -2.45. The summed E-state index contributed by atoms with van der Waals surface area (Å²) in [6.07, 6.45) is 1.57. The molecule has 2 aromatic heterocycles. The Hall–Kier alpha value is -4.74. The summed E-state index contributed by atoms with van der Waals surface area (Å²) < 4.78 is 44.9. The van der Waals surface area contributed by atoms with Crippen LogP contribution in [-0.4, -0.2) is 22.9 Å². The van der Waals surface area contributed by atoms with Gasteiger partial charge in [0.15, 0.2) is 0 Å². The van der Waals surface area contributed by atoms with Gasteiger partial charge in [0.1, 0.15) is 18.6 Å². The molecule has 1 amide bonds. The average Bonchev–Trinajstić information content (AvgIpc) is 3.21. The predicted octanol–water partition coefficient (Wildman–Crippen LogP) is 6.63. The van der Waals surface area contributed by atoms with E-state index in [4.69, 9.17) is 36.3 Å². The second-order valence-electron chi connectivity index (χ2n) is 9.53. The minimum absolute atomic E-state index is 0.0206. The van der Waals surface area contributed by atoms with Crippen LogP contribution in [0.15, 0.2) is 120 Å². The average molecular weight is 684 g/mol. The maximum absolute atomic E-state index is 13.6. The van der Waals surface area contributed by atoms with Crippen molar-refractivity contribution in [2.24, 2.45) is 0 Å². The topological polar surface area (TPSA) is 143 Å². The number of anilines is 1. The van der Waals surface area contributed by atoms with E-state index in [-0.39, 0.29) is 44.4 Å². The molecule has 0 saturated carbocycles. The van der Waals surface area contributed by atoms with Crippen molar-refractivity contribution in [2.45, 2.75) is 11.4 Å². The molecule has 2 heterocycles. The van der Waals surface area contributed by atoms with Gasteiger partial charge in [0.05, 0.1) is 21.2 Å². The molecular weight excluding hydrogens is 664 g/mol. The Morgan fingerprint density at radius 1 is 0.889 bits per heavy atom. The second kappa shape index (κ2) is 12.3. The van der Waals surface area contributed by atoms with E-state index in [0.29, 0.717) is 16.8 Å². The van der Waals surface area contributed by atoms with Crippen molar-refractivity contribution in [2.75, 3.05) is 5.32 Å². The van der Waals surface area contributed by atoms with E-state index in [0.717, 1.165) is 9.95 Å². The summed E-state index contributed by atoms with van der Waals surface area (Å²) in [5.74, 6) is -0.153. The molecule has 1 N–H and O–H groups in total. The zero-order valence-corrected chi connectivity index (χ0v) is 26.1. The first-order chi connectivity index (χ1) is 21.6. The number of carbonyl (C=O) groups is 1. The van der Waals surface area contributed by atoms with E-state index >= 15 is 0 Å². The molecule has 45 heavy (non-hydrogen) atoms. The summed E-state index contributed by atoms with van der Waals surface area (Å²) in [7, 11) is -5.00. The van der Waals surface area contributed by atoms with Crippen molar-refractivity contribution in [1.29, 1.82) is 0 Å². The summed E-state index contributed by atoms with van der Waals surface area (Å²) in [4.78, 5) is 39.9. The molecule has 0 bridgehead atoms. The Kier molecular flexibility index (Phi) is 8.30. The van der Waals surface area contributed by atoms with Crippen LogP contribution in [0.2, 0.25) is 10.0 Å². The van der Waals surface area contributed by atoms with Crippen molar-refractivity contribution >= 4 is 75.2 Å². The molecule has 11 nitrogen and oxygen atoms in total. The van der Waals surface area contributed by atoms with Crippen LogP contribution in [0.3, 0.4) is 0 Å². The quantitative estimate of drug-likeness (QED) is 0.197. The van der Waals surface area contributed by atoms with Gasteiger partial charge in [0.25, 0.3) is 15.6 Å². The second-order valence-corrected chi connectivity index (χ2v) is 12.8. The van der Waals surface area contributed by atoms with Crippen LogP contribution in [-0.2, 0) is 21.4 Å². The van der Waals surface area contributed by atoms with E-state index in [9.17, 15) is 22.8 Å². The van der Waals surface area contributed by atoms with Gasteiger partial charge in [-0.15, -0.1) is 3.97 Å². The highest BCUT2D eigenvalue weighted by Crippen LogP contribution is 2.32. The highest BCUT2D eigenvalue weighted by Gasteiger charge is 2.26. The van der Waals surface area contributed by atoms with Crippen LogP contribution in [0, 0.1) is 0 Å². The van der Waals surface area contributed by atoms with Crippen LogP contribution in [0.1, 0.15) is 0 Å². The summed E-state index contributed by atoms with van der Waals surface area (Å²) in [5, 5.41) is 4.40. The first-order valence-electron chi connectivity index (χ1n) is 13.0. The van der Waals surface area contributed by atoms with Crippen molar-refractivity contribution in [3.8, 4) is 11.7 Å². The number of halogens is 2. The van der Waals surface area contributed by atoms with Gasteiger partial charge in [-0.1, -0.05) is 47.5 Å². The number of ether oxygens (including phenoxy) is 1. The van der Waals surface area contributed by atoms with Crippen LogP contribution < -0.4 is 21.3 Å². The van der Waals surface area contributed by atoms with Crippen LogP contribution in [0.25, 0.3) is 21.7 Å². The van der Waals surface area contributed by atoms with Gasteiger partial charge in [0.2, 0.25) is 14.6 Å². The van der Waals surface area contributed by atoms with E-state index < -0.39 is 33.7 Å². The molecule has 4 aromatic carbocycles. The molecule has 228 valence electrons. The smallest absolute Gasteiger partial charge is 0.346 e. The third-order valence-corrected chi connectivity index (χ3v) is 9.24. The fourth-order valence-electron chi connectivity index (χ4n) is 4.55. The minimum Gasteiger partial charge on any atom is -0.429 e. The number of amides is 1. The monoisotopic (exact) mass is 683 g/mol. The molecule has 6 rings (SSSR count). The van der Waals surface area contributed by atoms with Crippen molar-refractivity contribution in [3.05, 3.63) is 128 Å². The number of aromatic nitrogens is 2. The van der Waals surface area contributed by atoms with Crippen molar-refractivity contribution < 1.29 is 26.3 Å².